The van der Waals surface area contributed by atoms with Crippen molar-refractivity contribution < 1.29 is 23.9 Å². The van der Waals surface area contributed by atoms with Crippen molar-refractivity contribution in [3.8, 4) is 0 Å². The largest absolute Gasteiger partial charge is 0.463 e. The zero-order chi connectivity index (χ0) is 12.7. The van der Waals surface area contributed by atoms with Crippen LogP contribution in [0, 0.1) is 0 Å². The van der Waals surface area contributed by atoms with Crippen molar-refractivity contribution in [3.63, 3.8) is 0 Å². The molecule has 0 heterocycles. The molecule has 0 aliphatic heterocycles. The van der Waals surface area contributed by atoms with Gasteiger partial charge in [-0.15, -0.1) is 0 Å². The van der Waals surface area contributed by atoms with Gasteiger partial charge < -0.3 is 14.3 Å². The summed E-state index contributed by atoms with van der Waals surface area (Å²) in [5, 5.41) is 0. The van der Waals surface area contributed by atoms with E-state index >= 15 is 0 Å². The molecule has 5 nitrogen and oxygen atoms in total. The second kappa shape index (κ2) is 6.97. The van der Waals surface area contributed by atoms with Gasteiger partial charge in [-0.3, -0.25) is 0 Å². The van der Waals surface area contributed by atoms with Crippen LogP contribution in [0.5, 0.6) is 0 Å². The molecule has 0 aliphatic carbocycles. The molecule has 0 aromatic heterocycles. The first-order valence-electron chi connectivity index (χ1n) is 4.53. The summed E-state index contributed by atoms with van der Waals surface area (Å²) in [7, 11) is -2.01. The number of hydrogen-bond donors (Lipinski definition) is 1. The Morgan fingerprint density at radius 1 is 1.06 bits per heavy atom. The summed E-state index contributed by atoms with van der Waals surface area (Å²) in [5.74, 6) is -1.13. The van der Waals surface area contributed by atoms with Gasteiger partial charge in [0.15, 0.2) is 0 Å². The van der Waals surface area contributed by atoms with E-state index in [1.165, 1.54) is 13.8 Å². The van der Waals surface area contributed by atoms with Gasteiger partial charge in [0.25, 0.3) is 9.04 Å². The standard InChI is InChI=1S/C10H15O5Si/c1-7(2)9(11)14-5-16(13)6-15-10(12)8(3)4/h13H,1,3,5-6H2,2,4H3. The van der Waals surface area contributed by atoms with Crippen LogP contribution in [-0.2, 0) is 19.1 Å². The Kier molecular flexibility index (Phi) is 6.36. The molecule has 0 aromatic rings. The van der Waals surface area contributed by atoms with E-state index in [0.717, 1.165) is 0 Å². The summed E-state index contributed by atoms with van der Waals surface area (Å²) in [4.78, 5) is 31.3. The molecule has 0 atom stereocenters. The molecule has 6 heteroatoms. The maximum atomic E-state index is 11.0. The topological polar surface area (TPSA) is 72.8 Å². The van der Waals surface area contributed by atoms with Crippen LogP contribution in [-0.4, -0.2) is 38.2 Å². The fraction of sp³-hybridized carbons (Fsp3) is 0.400. The summed E-state index contributed by atoms with van der Waals surface area (Å²) in [6.07, 6.45) is -0.278. The smallest absolute Gasteiger partial charge is 0.332 e. The van der Waals surface area contributed by atoms with E-state index in [1.54, 1.807) is 0 Å². The lowest BCUT2D eigenvalue weighted by molar-refractivity contribution is -0.137. The van der Waals surface area contributed by atoms with Crippen molar-refractivity contribution in [1.29, 1.82) is 0 Å². The summed E-state index contributed by atoms with van der Waals surface area (Å²) >= 11 is 0. The fourth-order valence-electron chi connectivity index (χ4n) is 0.586. The highest BCUT2D eigenvalue weighted by Crippen LogP contribution is 1.95. The monoisotopic (exact) mass is 243 g/mol. The van der Waals surface area contributed by atoms with Crippen LogP contribution < -0.4 is 0 Å². The summed E-state index contributed by atoms with van der Waals surface area (Å²) < 4.78 is 9.40. The first-order valence-corrected chi connectivity index (χ1v) is 6.39. The summed E-state index contributed by atoms with van der Waals surface area (Å²) in [6, 6.07) is 0. The Balaban J connectivity index is 3.79. The van der Waals surface area contributed by atoms with Gasteiger partial charge in [0.2, 0.25) is 0 Å². The minimum atomic E-state index is -2.01. The van der Waals surface area contributed by atoms with Crippen LogP contribution in [0.4, 0.5) is 0 Å². The van der Waals surface area contributed by atoms with Gasteiger partial charge >= 0.3 is 11.9 Å². The van der Waals surface area contributed by atoms with Gasteiger partial charge in [-0.05, 0) is 13.8 Å². The second-order valence-electron chi connectivity index (χ2n) is 3.28. The molecule has 0 aliphatic rings. The average molecular weight is 243 g/mol. The molecule has 0 unspecified atom stereocenters. The van der Waals surface area contributed by atoms with Crippen LogP contribution >= 0.6 is 0 Å². The third-order valence-corrected chi connectivity index (χ3v) is 2.39. The van der Waals surface area contributed by atoms with E-state index in [0.29, 0.717) is 0 Å². The van der Waals surface area contributed by atoms with Crippen LogP contribution in [0.15, 0.2) is 24.3 Å². The number of carbonyl (C=O) groups excluding carboxylic acids is 2. The Morgan fingerprint density at radius 2 is 1.38 bits per heavy atom. The van der Waals surface area contributed by atoms with E-state index in [-0.39, 0.29) is 23.6 Å². The molecular weight excluding hydrogens is 228 g/mol. The first kappa shape index (κ1) is 14.6. The van der Waals surface area contributed by atoms with Gasteiger partial charge in [-0.25, -0.2) is 9.59 Å². The minimum Gasteiger partial charge on any atom is -0.463 e. The van der Waals surface area contributed by atoms with Gasteiger partial charge in [0.1, 0.15) is 12.5 Å². The lowest BCUT2D eigenvalue weighted by Crippen LogP contribution is -2.30. The quantitative estimate of drug-likeness (QED) is 0.412. The van der Waals surface area contributed by atoms with Crippen LogP contribution in [0.1, 0.15) is 13.8 Å². The third kappa shape index (κ3) is 6.15. The molecular formula is C10H15O5Si. The van der Waals surface area contributed by atoms with Crippen molar-refractivity contribution in [2.75, 3.05) is 12.5 Å². The lowest BCUT2D eigenvalue weighted by Gasteiger charge is -2.09. The van der Waals surface area contributed by atoms with E-state index in [1.807, 2.05) is 0 Å². The Hall–Kier alpha value is -1.40. The molecule has 0 fully saturated rings. The predicted molar refractivity (Wildman–Crippen MR) is 59.5 cm³/mol. The van der Waals surface area contributed by atoms with Gasteiger partial charge in [-0.2, -0.15) is 0 Å². The molecule has 16 heavy (non-hydrogen) atoms. The van der Waals surface area contributed by atoms with E-state index in [9.17, 15) is 14.4 Å². The highest BCUT2D eigenvalue weighted by Gasteiger charge is 2.15. The number of ether oxygens (including phenoxy) is 2. The summed E-state index contributed by atoms with van der Waals surface area (Å²) in [5.41, 5.74) is 0.516. The number of hydrogen-bond acceptors (Lipinski definition) is 5. The molecule has 1 radical (unpaired) electrons. The molecule has 1 N–H and O–H groups in total. The van der Waals surface area contributed by atoms with Crippen molar-refractivity contribution in [2.45, 2.75) is 13.8 Å². The maximum Gasteiger partial charge on any atom is 0.332 e. The Morgan fingerprint density at radius 3 is 1.62 bits per heavy atom. The molecule has 0 saturated heterocycles. The second-order valence-corrected chi connectivity index (χ2v) is 4.99. The zero-order valence-electron chi connectivity index (χ0n) is 9.41. The van der Waals surface area contributed by atoms with Crippen LogP contribution in [0.3, 0.4) is 0 Å². The molecule has 89 valence electrons. The summed E-state index contributed by atoms with van der Waals surface area (Å²) in [6.45, 7) is 9.79. The Bertz CT molecular complexity index is 280. The van der Waals surface area contributed by atoms with Crippen LogP contribution in [0.2, 0.25) is 0 Å². The number of rotatable bonds is 6. The minimum absolute atomic E-state index is 0.139. The first-order chi connectivity index (χ1) is 7.34. The van der Waals surface area contributed by atoms with Crippen molar-refractivity contribution in [3.05, 3.63) is 24.3 Å². The molecule has 0 aromatic carbocycles. The number of carbonyl (C=O) groups is 2. The van der Waals surface area contributed by atoms with E-state index in [4.69, 9.17) is 9.47 Å². The van der Waals surface area contributed by atoms with Crippen LogP contribution in [0.25, 0.3) is 0 Å². The van der Waals surface area contributed by atoms with E-state index in [2.05, 4.69) is 13.2 Å². The van der Waals surface area contributed by atoms with Gasteiger partial charge in [0, 0.05) is 11.1 Å². The average Bonchev–Trinajstić information content (AvgIpc) is 2.21. The zero-order valence-corrected chi connectivity index (χ0v) is 10.4. The van der Waals surface area contributed by atoms with E-state index < -0.39 is 21.0 Å². The molecule has 0 saturated carbocycles. The predicted octanol–water partition coefficient (Wildman–Crippen LogP) is 0.287. The van der Waals surface area contributed by atoms with Crippen molar-refractivity contribution >= 4 is 21.0 Å². The van der Waals surface area contributed by atoms with Crippen molar-refractivity contribution in [1.82, 2.24) is 0 Å². The maximum absolute atomic E-state index is 11.0. The van der Waals surface area contributed by atoms with Gasteiger partial charge in [0.05, 0.1) is 0 Å². The highest BCUT2D eigenvalue weighted by atomic mass is 28.3. The molecule has 0 bridgehead atoms. The molecule has 0 rings (SSSR count). The Labute approximate surface area is 96.1 Å². The normalized spacial score (nSPS) is 9.75. The SMILES string of the molecule is C=C(C)C(=O)OC[Si](O)COC(=O)C(=C)C. The lowest BCUT2D eigenvalue weighted by atomic mass is 10.4. The molecule has 0 spiro atoms. The third-order valence-electron chi connectivity index (χ3n) is 1.44. The fourth-order valence-corrected chi connectivity index (χ4v) is 1.26. The van der Waals surface area contributed by atoms with Gasteiger partial charge in [-0.1, -0.05) is 13.2 Å². The van der Waals surface area contributed by atoms with Crippen molar-refractivity contribution in [2.24, 2.45) is 0 Å². The number of esters is 2. The molecule has 0 amide bonds. The highest BCUT2D eigenvalue weighted by molar-refractivity contribution is 6.50.